The van der Waals surface area contributed by atoms with Crippen LogP contribution in [0.15, 0.2) is 18.2 Å². The molecule has 1 amide bonds. The number of hydrogen-bond donors (Lipinski definition) is 1. The predicted molar refractivity (Wildman–Crippen MR) is 89.4 cm³/mol. The van der Waals surface area contributed by atoms with Gasteiger partial charge in [-0.3, -0.25) is 4.79 Å². The minimum Gasteiger partial charge on any atom is -0.504 e. The lowest BCUT2D eigenvalue weighted by Gasteiger charge is -2.26. The Labute approximate surface area is 146 Å². The van der Waals surface area contributed by atoms with E-state index in [1.54, 1.807) is 6.92 Å². The summed E-state index contributed by atoms with van der Waals surface area (Å²) in [6.45, 7) is 1.53. The Bertz CT molecular complexity index is 760. The summed E-state index contributed by atoms with van der Waals surface area (Å²) in [5.74, 6) is -1.60. The second kappa shape index (κ2) is 7.73. The maximum Gasteiger partial charge on any atom is 0.342 e. The summed E-state index contributed by atoms with van der Waals surface area (Å²) >= 11 is 0. The fourth-order valence-electron chi connectivity index (χ4n) is 2.80. The molecule has 1 atom stereocenters. The lowest BCUT2D eigenvalue weighted by molar-refractivity contribution is -0.136. The van der Waals surface area contributed by atoms with Crippen molar-refractivity contribution in [2.45, 2.75) is 19.4 Å². The molecule has 1 unspecified atom stereocenters. The van der Waals surface area contributed by atoms with Crippen LogP contribution in [0.1, 0.15) is 23.7 Å². The van der Waals surface area contributed by atoms with E-state index in [-0.39, 0.29) is 28.6 Å². The number of sulfone groups is 1. The predicted octanol–water partition coefficient (Wildman–Crippen LogP) is 0.593. The van der Waals surface area contributed by atoms with Gasteiger partial charge in [0, 0.05) is 12.6 Å². The Kier molecular flexibility index (Phi) is 5.89. The van der Waals surface area contributed by atoms with E-state index >= 15 is 0 Å². The number of nitrogens with zero attached hydrogens (tertiary/aromatic N) is 1. The van der Waals surface area contributed by atoms with Crippen molar-refractivity contribution >= 4 is 21.7 Å². The van der Waals surface area contributed by atoms with E-state index in [9.17, 15) is 23.1 Å². The van der Waals surface area contributed by atoms with Crippen LogP contribution in [-0.2, 0) is 19.4 Å². The average Bonchev–Trinajstić information content (AvgIpc) is 2.93. The second-order valence-electron chi connectivity index (χ2n) is 5.67. The zero-order valence-electron chi connectivity index (χ0n) is 14.1. The molecule has 9 heteroatoms. The number of para-hydroxylation sites is 1. The molecule has 1 aromatic carbocycles. The van der Waals surface area contributed by atoms with Gasteiger partial charge in [0.05, 0.1) is 18.6 Å². The maximum atomic E-state index is 12.3. The summed E-state index contributed by atoms with van der Waals surface area (Å²) in [7, 11) is -1.77. The average molecular weight is 371 g/mol. The number of likely N-dealkylation sites (N-methyl/N-ethyl adjacent to an activating group) is 1. The molecular formula is C16H21NO7S. The first kappa shape index (κ1) is 19.0. The molecule has 1 heterocycles. The molecule has 1 saturated heterocycles. The Hall–Kier alpha value is -2.29. The van der Waals surface area contributed by atoms with Crippen LogP contribution >= 0.6 is 0 Å². The van der Waals surface area contributed by atoms with Crippen molar-refractivity contribution < 1.29 is 32.6 Å². The maximum absolute atomic E-state index is 12.3. The molecule has 0 radical (unpaired) electrons. The van der Waals surface area contributed by atoms with E-state index in [2.05, 4.69) is 0 Å². The minimum absolute atomic E-state index is 0.0545. The molecule has 0 aromatic heterocycles. The Balaban J connectivity index is 2.00. The first-order chi connectivity index (χ1) is 11.8. The zero-order chi connectivity index (χ0) is 18.6. The molecule has 1 fully saturated rings. The fourth-order valence-corrected chi connectivity index (χ4v) is 4.53. The van der Waals surface area contributed by atoms with Crippen molar-refractivity contribution in [3.05, 3.63) is 23.8 Å². The monoisotopic (exact) mass is 371 g/mol. The van der Waals surface area contributed by atoms with Gasteiger partial charge in [-0.2, -0.15) is 0 Å². The number of ether oxygens (including phenoxy) is 2. The van der Waals surface area contributed by atoms with E-state index < -0.39 is 34.4 Å². The normalized spacial score (nSPS) is 18.6. The number of phenolic OH excluding ortho intramolecular Hbond substituents is 1. The number of benzene rings is 1. The van der Waals surface area contributed by atoms with E-state index in [1.165, 1.54) is 30.2 Å². The van der Waals surface area contributed by atoms with Gasteiger partial charge in [-0.05, 0) is 25.5 Å². The molecule has 0 spiro atoms. The number of amides is 1. The summed E-state index contributed by atoms with van der Waals surface area (Å²) in [5.41, 5.74) is -0.112. The van der Waals surface area contributed by atoms with E-state index in [0.29, 0.717) is 13.0 Å². The first-order valence-corrected chi connectivity index (χ1v) is 9.64. The van der Waals surface area contributed by atoms with Gasteiger partial charge in [-0.25, -0.2) is 13.2 Å². The number of aromatic hydroxyl groups is 1. The third kappa shape index (κ3) is 4.41. The third-order valence-corrected chi connectivity index (χ3v) is 5.83. The molecule has 138 valence electrons. The highest BCUT2D eigenvalue weighted by molar-refractivity contribution is 7.91. The number of hydrogen-bond acceptors (Lipinski definition) is 7. The molecule has 8 nitrogen and oxygen atoms in total. The number of rotatable bonds is 6. The quantitative estimate of drug-likeness (QED) is 0.729. The first-order valence-electron chi connectivity index (χ1n) is 7.82. The molecule has 0 aliphatic carbocycles. The van der Waals surface area contributed by atoms with Crippen molar-refractivity contribution in [1.82, 2.24) is 4.90 Å². The smallest absolute Gasteiger partial charge is 0.342 e. The molecule has 1 N–H and O–H groups in total. The van der Waals surface area contributed by atoms with E-state index in [4.69, 9.17) is 9.47 Å². The zero-order valence-corrected chi connectivity index (χ0v) is 14.9. The Morgan fingerprint density at radius 1 is 1.36 bits per heavy atom. The van der Waals surface area contributed by atoms with Crippen LogP contribution in [0.3, 0.4) is 0 Å². The summed E-state index contributed by atoms with van der Waals surface area (Å²) in [4.78, 5) is 25.8. The molecular weight excluding hydrogens is 350 g/mol. The van der Waals surface area contributed by atoms with E-state index in [0.717, 1.165) is 0 Å². The fraction of sp³-hybridized carbons (Fsp3) is 0.500. The van der Waals surface area contributed by atoms with Gasteiger partial charge in [-0.1, -0.05) is 6.07 Å². The highest BCUT2D eigenvalue weighted by Crippen LogP contribution is 2.29. The highest BCUT2D eigenvalue weighted by atomic mass is 32.2. The third-order valence-electron chi connectivity index (χ3n) is 4.08. The molecule has 0 bridgehead atoms. The molecule has 1 aliphatic heterocycles. The lowest BCUT2D eigenvalue weighted by atomic mass is 10.2. The largest absolute Gasteiger partial charge is 0.504 e. The topological polar surface area (TPSA) is 110 Å². The molecule has 1 aromatic rings. The van der Waals surface area contributed by atoms with Gasteiger partial charge in [0.1, 0.15) is 5.56 Å². The number of esters is 1. The molecule has 0 saturated carbocycles. The summed E-state index contributed by atoms with van der Waals surface area (Å²) in [6, 6.07) is 3.95. The van der Waals surface area contributed by atoms with Crippen LogP contribution in [0.5, 0.6) is 11.5 Å². The second-order valence-corrected chi connectivity index (χ2v) is 7.90. The van der Waals surface area contributed by atoms with Crippen molar-refractivity contribution in [2.75, 3.05) is 31.8 Å². The number of carbonyl (C=O) groups is 2. The van der Waals surface area contributed by atoms with Crippen molar-refractivity contribution in [1.29, 1.82) is 0 Å². The van der Waals surface area contributed by atoms with Gasteiger partial charge in [0.25, 0.3) is 5.91 Å². The summed E-state index contributed by atoms with van der Waals surface area (Å²) in [6.07, 6.45) is 0.381. The summed E-state index contributed by atoms with van der Waals surface area (Å²) < 4.78 is 33.0. The van der Waals surface area contributed by atoms with E-state index in [1.807, 2.05) is 0 Å². The summed E-state index contributed by atoms with van der Waals surface area (Å²) in [5, 5.41) is 9.92. The van der Waals surface area contributed by atoms with Gasteiger partial charge in [0.2, 0.25) is 0 Å². The number of methoxy groups -OCH3 is 1. The standard InChI is InChI=1S/C16H21NO7S/c1-3-17(11-7-8-25(21,22)10-11)14(18)9-24-16(20)12-5-4-6-13(23-2)15(12)19/h4-6,11,19H,3,7-10H2,1-2H3. The molecule has 1 aliphatic rings. The van der Waals surface area contributed by atoms with Crippen LogP contribution in [0.2, 0.25) is 0 Å². The number of carbonyl (C=O) groups excluding carboxylic acids is 2. The molecule has 2 rings (SSSR count). The van der Waals surface area contributed by atoms with Crippen LogP contribution in [0, 0.1) is 0 Å². The minimum atomic E-state index is -3.12. The van der Waals surface area contributed by atoms with Gasteiger partial charge < -0.3 is 19.5 Å². The Morgan fingerprint density at radius 2 is 2.08 bits per heavy atom. The van der Waals surface area contributed by atoms with Gasteiger partial charge in [-0.15, -0.1) is 0 Å². The van der Waals surface area contributed by atoms with Crippen molar-refractivity contribution in [3.8, 4) is 11.5 Å². The SMILES string of the molecule is CCN(C(=O)COC(=O)c1cccc(OC)c1O)C1CCS(=O)(=O)C1. The lowest BCUT2D eigenvalue weighted by Crippen LogP contribution is -2.43. The van der Waals surface area contributed by atoms with Crippen LogP contribution in [0.4, 0.5) is 0 Å². The van der Waals surface area contributed by atoms with Crippen molar-refractivity contribution in [2.24, 2.45) is 0 Å². The highest BCUT2D eigenvalue weighted by Gasteiger charge is 2.34. The number of phenols is 1. The molecule has 25 heavy (non-hydrogen) atoms. The van der Waals surface area contributed by atoms with Crippen molar-refractivity contribution in [3.63, 3.8) is 0 Å². The van der Waals surface area contributed by atoms with Gasteiger partial charge >= 0.3 is 5.97 Å². The van der Waals surface area contributed by atoms with Crippen LogP contribution in [0.25, 0.3) is 0 Å². The van der Waals surface area contributed by atoms with Crippen LogP contribution in [-0.4, -0.2) is 68.1 Å². The van der Waals surface area contributed by atoms with Crippen LogP contribution < -0.4 is 4.74 Å². The Morgan fingerprint density at radius 3 is 2.64 bits per heavy atom. The van der Waals surface area contributed by atoms with Gasteiger partial charge in [0.15, 0.2) is 27.9 Å².